The summed E-state index contributed by atoms with van der Waals surface area (Å²) in [6, 6.07) is 8.49. The van der Waals surface area contributed by atoms with Crippen LogP contribution < -0.4 is 5.32 Å². The highest BCUT2D eigenvalue weighted by Gasteiger charge is 2.16. The zero-order valence-electron chi connectivity index (χ0n) is 8.30. The van der Waals surface area contributed by atoms with Crippen LogP contribution in [0.3, 0.4) is 0 Å². The summed E-state index contributed by atoms with van der Waals surface area (Å²) in [4.78, 5) is 0. The van der Waals surface area contributed by atoms with Crippen LogP contribution >= 0.6 is 15.9 Å². The van der Waals surface area contributed by atoms with Crippen LogP contribution in [0.15, 0.2) is 28.7 Å². The standard InChI is InChI=1S/C12H16BrN/c13-12-6-2-5-11(7-12)9-14-8-10-3-1-4-10/h2,5-7,10,14H,1,3-4,8-9H2. The largest absolute Gasteiger partial charge is 0.312 e. The monoisotopic (exact) mass is 253 g/mol. The minimum absolute atomic E-state index is 0.946. The van der Waals surface area contributed by atoms with Gasteiger partial charge in [-0.25, -0.2) is 0 Å². The third-order valence-corrected chi connectivity index (χ3v) is 3.37. The summed E-state index contributed by atoms with van der Waals surface area (Å²) in [5.74, 6) is 0.946. The molecule has 0 atom stereocenters. The average molecular weight is 254 g/mol. The van der Waals surface area contributed by atoms with Gasteiger partial charge < -0.3 is 5.32 Å². The van der Waals surface area contributed by atoms with E-state index in [1.807, 2.05) is 0 Å². The van der Waals surface area contributed by atoms with Crippen molar-refractivity contribution < 1.29 is 0 Å². The molecule has 0 aliphatic heterocycles. The van der Waals surface area contributed by atoms with E-state index >= 15 is 0 Å². The van der Waals surface area contributed by atoms with E-state index in [4.69, 9.17) is 0 Å². The summed E-state index contributed by atoms with van der Waals surface area (Å²) in [6.07, 6.45) is 4.28. The van der Waals surface area contributed by atoms with Gasteiger partial charge in [0, 0.05) is 11.0 Å². The van der Waals surface area contributed by atoms with Gasteiger partial charge in [-0.2, -0.15) is 0 Å². The summed E-state index contributed by atoms with van der Waals surface area (Å²) in [7, 11) is 0. The Balaban J connectivity index is 1.74. The number of nitrogens with one attached hydrogen (secondary N) is 1. The predicted molar refractivity (Wildman–Crippen MR) is 63.2 cm³/mol. The third kappa shape index (κ3) is 2.82. The Hall–Kier alpha value is -0.340. The Morgan fingerprint density at radius 3 is 2.86 bits per heavy atom. The van der Waals surface area contributed by atoms with Crippen molar-refractivity contribution >= 4 is 15.9 Å². The molecule has 1 aromatic carbocycles. The van der Waals surface area contributed by atoms with Gasteiger partial charge in [0.2, 0.25) is 0 Å². The second kappa shape index (κ2) is 4.94. The molecule has 1 fully saturated rings. The molecule has 2 rings (SSSR count). The van der Waals surface area contributed by atoms with Crippen molar-refractivity contribution in [3.05, 3.63) is 34.3 Å². The van der Waals surface area contributed by atoms with Gasteiger partial charge >= 0.3 is 0 Å². The first kappa shape index (κ1) is 10.2. The fourth-order valence-electron chi connectivity index (χ4n) is 1.76. The lowest BCUT2D eigenvalue weighted by atomic mass is 9.85. The molecule has 1 nitrogen and oxygen atoms in total. The molecule has 0 aromatic heterocycles. The van der Waals surface area contributed by atoms with Crippen molar-refractivity contribution in [3.63, 3.8) is 0 Å². The topological polar surface area (TPSA) is 12.0 Å². The normalized spacial score (nSPS) is 16.6. The van der Waals surface area contributed by atoms with E-state index in [0.717, 1.165) is 12.5 Å². The zero-order valence-corrected chi connectivity index (χ0v) is 9.89. The van der Waals surface area contributed by atoms with Gasteiger partial charge in [0.25, 0.3) is 0 Å². The van der Waals surface area contributed by atoms with Gasteiger partial charge in [-0.1, -0.05) is 34.5 Å². The minimum atomic E-state index is 0.946. The van der Waals surface area contributed by atoms with E-state index in [1.54, 1.807) is 0 Å². The lowest BCUT2D eigenvalue weighted by molar-refractivity contribution is 0.301. The highest BCUT2D eigenvalue weighted by Crippen LogP contribution is 2.25. The van der Waals surface area contributed by atoms with Crippen LogP contribution in [0.4, 0.5) is 0 Å². The van der Waals surface area contributed by atoms with Gasteiger partial charge in [-0.05, 0) is 43.0 Å². The molecule has 1 saturated carbocycles. The van der Waals surface area contributed by atoms with Crippen LogP contribution in [0.1, 0.15) is 24.8 Å². The molecule has 0 radical (unpaired) electrons. The smallest absolute Gasteiger partial charge is 0.0206 e. The average Bonchev–Trinajstić information content (AvgIpc) is 2.09. The van der Waals surface area contributed by atoms with Gasteiger partial charge in [0.05, 0.1) is 0 Å². The number of halogens is 1. The highest BCUT2D eigenvalue weighted by atomic mass is 79.9. The van der Waals surface area contributed by atoms with Crippen molar-refractivity contribution in [2.75, 3.05) is 6.54 Å². The molecular formula is C12H16BrN. The molecule has 14 heavy (non-hydrogen) atoms. The maximum atomic E-state index is 3.51. The van der Waals surface area contributed by atoms with Crippen molar-refractivity contribution in [3.8, 4) is 0 Å². The van der Waals surface area contributed by atoms with Gasteiger partial charge in [-0.15, -0.1) is 0 Å². The zero-order chi connectivity index (χ0) is 9.80. The molecule has 1 aromatic rings. The lowest BCUT2D eigenvalue weighted by Gasteiger charge is -2.25. The number of rotatable bonds is 4. The molecular weight excluding hydrogens is 238 g/mol. The molecule has 0 amide bonds. The van der Waals surface area contributed by atoms with Crippen molar-refractivity contribution in [2.45, 2.75) is 25.8 Å². The SMILES string of the molecule is Brc1cccc(CNCC2CCC2)c1. The van der Waals surface area contributed by atoms with Crippen LogP contribution in [0.2, 0.25) is 0 Å². The van der Waals surface area contributed by atoms with Crippen LogP contribution in [0, 0.1) is 5.92 Å². The van der Waals surface area contributed by atoms with Crippen molar-refractivity contribution in [1.29, 1.82) is 0 Å². The summed E-state index contributed by atoms with van der Waals surface area (Å²) in [5, 5.41) is 3.51. The lowest BCUT2D eigenvalue weighted by Crippen LogP contribution is -2.26. The van der Waals surface area contributed by atoms with Gasteiger partial charge in [0.1, 0.15) is 0 Å². The predicted octanol–water partition coefficient (Wildman–Crippen LogP) is 3.34. The first-order chi connectivity index (χ1) is 6.84. The van der Waals surface area contributed by atoms with E-state index in [2.05, 4.69) is 45.5 Å². The van der Waals surface area contributed by atoms with Crippen molar-refractivity contribution in [2.24, 2.45) is 5.92 Å². The molecule has 0 saturated heterocycles. The molecule has 0 unspecified atom stereocenters. The van der Waals surface area contributed by atoms with Crippen molar-refractivity contribution in [1.82, 2.24) is 5.32 Å². The molecule has 1 aliphatic carbocycles. The minimum Gasteiger partial charge on any atom is -0.312 e. The molecule has 0 heterocycles. The molecule has 0 spiro atoms. The van der Waals surface area contributed by atoms with Crippen LogP contribution in [0.5, 0.6) is 0 Å². The fourth-order valence-corrected chi connectivity index (χ4v) is 2.21. The van der Waals surface area contributed by atoms with Crippen LogP contribution in [-0.2, 0) is 6.54 Å². The van der Waals surface area contributed by atoms with E-state index < -0.39 is 0 Å². The summed E-state index contributed by atoms with van der Waals surface area (Å²) >= 11 is 3.48. The number of benzene rings is 1. The molecule has 2 heteroatoms. The Morgan fingerprint density at radius 1 is 1.36 bits per heavy atom. The second-order valence-corrected chi connectivity index (χ2v) is 4.97. The quantitative estimate of drug-likeness (QED) is 0.868. The first-order valence-electron chi connectivity index (χ1n) is 5.30. The van der Waals surface area contributed by atoms with Gasteiger partial charge in [-0.3, -0.25) is 0 Å². The molecule has 1 N–H and O–H groups in total. The Bertz CT molecular complexity index is 294. The Kier molecular flexibility index (Phi) is 3.60. The summed E-state index contributed by atoms with van der Waals surface area (Å²) < 4.78 is 1.17. The van der Waals surface area contributed by atoms with E-state index in [-0.39, 0.29) is 0 Å². The molecule has 1 aliphatic rings. The van der Waals surface area contributed by atoms with Gasteiger partial charge in [0.15, 0.2) is 0 Å². The van der Waals surface area contributed by atoms with Crippen LogP contribution in [0.25, 0.3) is 0 Å². The second-order valence-electron chi connectivity index (χ2n) is 4.06. The number of hydrogen-bond acceptors (Lipinski definition) is 1. The fraction of sp³-hybridized carbons (Fsp3) is 0.500. The van der Waals surface area contributed by atoms with Crippen LogP contribution in [-0.4, -0.2) is 6.54 Å². The first-order valence-corrected chi connectivity index (χ1v) is 6.09. The summed E-state index contributed by atoms with van der Waals surface area (Å²) in [5.41, 5.74) is 1.36. The van der Waals surface area contributed by atoms with E-state index in [9.17, 15) is 0 Å². The highest BCUT2D eigenvalue weighted by molar-refractivity contribution is 9.10. The maximum Gasteiger partial charge on any atom is 0.0206 e. The third-order valence-electron chi connectivity index (χ3n) is 2.88. The molecule has 0 bridgehead atoms. The van der Waals surface area contributed by atoms with E-state index in [1.165, 1.54) is 35.8 Å². The Labute approximate surface area is 94.0 Å². The molecule has 76 valence electrons. The maximum absolute atomic E-state index is 3.51. The Morgan fingerprint density at radius 2 is 2.21 bits per heavy atom. The van der Waals surface area contributed by atoms with E-state index in [0.29, 0.717) is 0 Å². The summed E-state index contributed by atoms with van der Waals surface area (Å²) in [6.45, 7) is 2.18. The number of hydrogen-bond donors (Lipinski definition) is 1.